The summed E-state index contributed by atoms with van der Waals surface area (Å²) < 4.78 is 29.8. The monoisotopic (exact) mass is 539 g/mol. The minimum Gasteiger partial charge on any atom is -0.434 e. The number of hydrogen-bond donors (Lipinski definition) is 2. The number of alkyl halides is 2. The maximum atomic E-state index is 12.6. The molecule has 6 nitrogen and oxygen atoms in total. The number of nitrogens with zero attached hydrogens (tertiary/aromatic N) is 3. The fourth-order valence-corrected chi connectivity index (χ4v) is 3.45. The molecule has 1 fully saturated rings. The zero-order valence-corrected chi connectivity index (χ0v) is 20.6. The number of guanidine groups is 1. The van der Waals surface area contributed by atoms with Crippen molar-refractivity contribution in [1.29, 1.82) is 0 Å². The summed E-state index contributed by atoms with van der Waals surface area (Å²) >= 11 is 0. The largest absolute Gasteiger partial charge is 0.434 e. The van der Waals surface area contributed by atoms with Crippen LogP contribution >= 0.6 is 24.0 Å². The van der Waals surface area contributed by atoms with Gasteiger partial charge in [0.2, 0.25) is 0 Å². The molecule has 1 saturated heterocycles. The SMILES string of the molecule is CCN1CCN(CCCCNC(=NC)NCc2cc(C)ccc2OC(F)F)CC1.I. The van der Waals surface area contributed by atoms with Crippen LogP contribution < -0.4 is 15.4 Å². The normalized spacial score (nSPS) is 15.7. The minimum atomic E-state index is -2.83. The van der Waals surface area contributed by atoms with Crippen LogP contribution in [0.25, 0.3) is 0 Å². The average Bonchev–Trinajstić information content (AvgIpc) is 2.72. The second-order valence-corrected chi connectivity index (χ2v) is 7.33. The summed E-state index contributed by atoms with van der Waals surface area (Å²) in [5.74, 6) is 0.850. The van der Waals surface area contributed by atoms with Gasteiger partial charge in [-0.15, -0.1) is 24.0 Å². The van der Waals surface area contributed by atoms with Gasteiger partial charge in [-0.05, 0) is 38.9 Å². The molecule has 9 heteroatoms. The number of hydrogen-bond acceptors (Lipinski definition) is 4. The predicted molar refractivity (Wildman–Crippen MR) is 129 cm³/mol. The van der Waals surface area contributed by atoms with E-state index >= 15 is 0 Å². The van der Waals surface area contributed by atoms with Crippen molar-refractivity contribution in [3.8, 4) is 5.75 Å². The van der Waals surface area contributed by atoms with E-state index in [1.807, 2.05) is 13.0 Å². The van der Waals surface area contributed by atoms with Crippen molar-refractivity contribution in [2.24, 2.45) is 4.99 Å². The second-order valence-electron chi connectivity index (χ2n) is 7.33. The fourth-order valence-electron chi connectivity index (χ4n) is 3.45. The van der Waals surface area contributed by atoms with Crippen LogP contribution in [0.15, 0.2) is 23.2 Å². The Balaban J connectivity index is 0.00000450. The first-order valence-electron chi connectivity index (χ1n) is 10.5. The summed E-state index contributed by atoms with van der Waals surface area (Å²) in [6.07, 6.45) is 2.19. The number of aliphatic imine (C=N–C) groups is 1. The number of benzene rings is 1. The first-order chi connectivity index (χ1) is 14.0. The Labute approximate surface area is 196 Å². The molecular weight excluding hydrogens is 503 g/mol. The molecule has 1 aliphatic rings. The lowest BCUT2D eigenvalue weighted by atomic mass is 10.1. The Morgan fingerprint density at radius 3 is 2.47 bits per heavy atom. The Hall–Kier alpha value is -1.20. The lowest BCUT2D eigenvalue weighted by Gasteiger charge is -2.34. The summed E-state index contributed by atoms with van der Waals surface area (Å²) in [6, 6.07) is 5.18. The number of unbranched alkanes of at least 4 members (excludes halogenated alkanes) is 1. The molecular formula is C21H36F2IN5O. The molecule has 30 heavy (non-hydrogen) atoms. The van der Waals surface area contributed by atoms with E-state index in [1.54, 1.807) is 19.2 Å². The quantitative estimate of drug-likeness (QED) is 0.207. The highest BCUT2D eigenvalue weighted by Crippen LogP contribution is 2.21. The van der Waals surface area contributed by atoms with E-state index in [0.29, 0.717) is 18.1 Å². The number of likely N-dealkylation sites (N-methyl/N-ethyl adjacent to an activating group) is 1. The van der Waals surface area contributed by atoms with E-state index in [1.165, 1.54) is 13.1 Å². The van der Waals surface area contributed by atoms with Crippen LogP contribution in [0.2, 0.25) is 0 Å². The molecule has 0 unspecified atom stereocenters. The molecule has 0 aromatic heterocycles. The van der Waals surface area contributed by atoms with E-state index in [0.717, 1.165) is 51.1 Å². The van der Waals surface area contributed by atoms with E-state index in [2.05, 4.69) is 37.1 Å². The van der Waals surface area contributed by atoms with E-state index < -0.39 is 6.61 Å². The van der Waals surface area contributed by atoms with Gasteiger partial charge in [0.25, 0.3) is 0 Å². The van der Waals surface area contributed by atoms with Crippen LogP contribution in [-0.4, -0.2) is 75.2 Å². The van der Waals surface area contributed by atoms with E-state index in [9.17, 15) is 8.78 Å². The van der Waals surface area contributed by atoms with Crippen molar-refractivity contribution in [3.63, 3.8) is 0 Å². The lowest BCUT2D eigenvalue weighted by molar-refractivity contribution is -0.0504. The van der Waals surface area contributed by atoms with Gasteiger partial charge < -0.3 is 25.2 Å². The molecule has 0 amide bonds. The highest BCUT2D eigenvalue weighted by molar-refractivity contribution is 14.0. The van der Waals surface area contributed by atoms with Crippen LogP contribution in [0.4, 0.5) is 8.78 Å². The zero-order valence-electron chi connectivity index (χ0n) is 18.3. The maximum absolute atomic E-state index is 12.6. The van der Waals surface area contributed by atoms with Crippen molar-refractivity contribution < 1.29 is 13.5 Å². The molecule has 1 aromatic carbocycles. The van der Waals surface area contributed by atoms with Gasteiger partial charge in [-0.1, -0.05) is 24.6 Å². The molecule has 0 saturated carbocycles. The zero-order chi connectivity index (χ0) is 21.1. The Morgan fingerprint density at radius 1 is 1.13 bits per heavy atom. The van der Waals surface area contributed by atoms with Gasteiger partial charge in [-0.3, -0.25) is 4.99 Å². The molecule has 2 N–H and O–H groups in total. The number of rotatable bonds is 10. The lowest BCUT2D eigenvalue weighted by Crippen LogP contribution is -2.46. The van der Waals surface area contributed by atoms with Crippen molar-refractivity contribution in [1.82, 2.24) is 20.4 Å². The second kappa shape index (κ2) is 14.7. The highest BCUT2D eigenvalue weighted by Gasteiger charge is 2.14. The fraction of sp³-hybridized carbons (Fsp3) is 0.667. The molecule has 0 spiro atoms. The molecule has 2 rings (SSSR count). The van der Waals surface area contributed by atoms with Gasteiger partial charge in [0.15, 0.2) is 5.96 Å². The third-order valence-electron chi connectivity index (χ3n) is 5.21. The van der Waals surface area contributed by atoms with Crippen molar-refractivity contribution in [2.45, 2.75) is 39.8 Å². The summed E-state index contributed by atoms with van der Waals surface area (Å²) in [4.78, 5) is 9.23. The summed E-state index contributed by atoms with van der Waals surface area (Å²) in [5, 5.41) is 6.47. The summed E-state index contributed by atoms with van der Waals surface area (Å²) in [7, 11) is 1.70. The van der Waals surface area contributed by atoms with Crippen LogP contribution in [0.5, 0.6) is 5.75 Å². The minimum absolute atomic E-state index is 0. The van der Waals surface area contributed by atoms with Crippen LogP contribution in [0.1, 0.15) is 30.9 Å². The van der Waals surface area contributed by atoms with Gasteiger partial charge in [-0.25, -0.2) is 0 Å². The smallest absolute Gasteiger partial charge is 0.387 e. The Kier molecular flexibility index (Phi) is 13.2. The molecule has 172 valence electrons. The van der Waals surface area contributed by atoms with Gasteiger partial charge in [0.1, 0.15) is 5.75 Å². The van der Waals surface area contributed by atoms with Crippen molar-refractivity contribution in [3.05, 3.63) is 29.3 Å². The van der Waals surface area contributed by atoms with Crippen molar-refractivity contribution >= 4 is 29.9 Å². The van der Waals surface area contributed by atoms with E-state index in [4.69, 9.17) is 0 Å². The Morgan fingerprint density at radius 2 is 1.83 bits per heavy atom. The molecule has 1 heterocycles. The predicted octanol–water partition coefficient (Wildman–Crippen LogP) is 3.30. The standard InChI is InChI=1S/C21H35F2N5O.HI/c1-4-27-11-13-28(14-12-27)10-6-5-9-25-21(24-3)26-16-18-15-17(2)7-8-19(18)29-20(22)23;/h7-8,15,20H,4-6,9-14,16H2,1-3H3,(H2,24,25,26);1H. The maximum Gasteiger partial charge on any atom is 0.387 e. The first kappa shape index (κ1) is 26.8. The third-order valence-corrected chi connectivity index (χ3v) is 5.21. The highest BCUT2D eigenvalue weighted by atomic mass is 127. The van der Waals surface area contributed by atoms with Crippen LogP contribution in [-0.2, 0) is 6.54 Å². The average molecular weight is 539 g/mol. The number of ether oxygens (including phenoxy) is 1. The molecule has 1 aliphatic heterocycles. The number of nitrogens with one attached hydrogen (secondary N) is 2. The van der Waals surface area contributed by atoms with Gasteiger partial charge in [-0.2, -0.15) is 8.78 Å². The summed E-state index contributed by atoms with van der Waals surface area (Å²) in [6.45, 7) is 9.41. The molecule has 0 atom stereocenters. The summed E-state index contributed by atoms with van der Waals surface area (Å²) in [5.41, 5.74) is 1.67. The van der Waals surface area contributed by atoms with Crippen molar-refractivity contribution in [2.75, 3.05) is 52.9 Å². The van der Waals surface area contributed by atoms with Gasteiger partial charge in [0, 0.05) is 51.9 Å². The number of piperazine rings is 1. The molecule has 0 radical (unpaired) electrons. The topological polar surface area (TPSA) is 52.1 Å². The first-order valence-corrected chi connectivity index (χ1v) is 10.5. The molecule has 1 aromatic rings. The van der Waals surface area contributed by atoms with Gasteiger partial charge >= 0.3 is 6.61 Å². The third kappa shape index (κ3) is 9.74. The van der Waals surface area contributed by atoms with Crippen LogP contribution in [0.3, 0.4) is 0 Å². The molecule has 0 bridgehead atoms. The van der Waals surface area contributed by atoms with Gasteiger partial charge in [0.05, 0.1) is 0 Å². The Bertz CT molecular complexity index is 640. The van der Waals surface area contributed by atoms with E-state index in [-0.39, 0.29) is 29.7 Å². The number of aryl methyl sites for hydroxylation is 1. The molecule has 0 aliphatic carbocycles. The number of halogens is 3. The van der Waals surface area contributed by atoms with Crippen LogP contribution in [0, 0.1) is 6.92 Å².